The number of hydrogen-bond donors (Lipinski definition) is 2. The van der Waals surface area contributed by atoms with Gasteiger partial charge in [0.15, 0.2) is 0 Å². The Morgan fingerprint density at radius 3 is 2.35 bits per heavy atom. The van der Waals surface area contributed by atoms with E-state index in [0.717, 1.165) is 12.0 Å². The van der Waals surface area contributed by atoms with Crippen molar-refractivity contribution in [2.24, 2.45) is 5.92 Å². The van der Waals surface area contributed by atoms with Crippen molar-refractivity contribution in [3.8, 4) is 0 Å². The normalized spacial score (nSPS) is 13.8. The number of carboxylic acid groups (broad SMARTS) is 1. The lowest BCUT2D eigenvalue weighted by molar-refractivity contribution is -0.146. The highest BCUT2D eigenvalue weighted by molar-refractivity contribution is 5.96. The van der Waals surface area contributed by atoms with E-state index in [-0.39, 0.29) is 6.04 Å². The predicted molar refractivity (Wildman–Crippen MR) is 64.4 cm³/mol. The van der Waals surface area contributed by atoms with Gasteiger partial charge in [-0.2, -0.15) is 0 Å². The molecule has 17 heavy (non-hydrogen) atoms. The van der Waals surface area contributed by atoms with Crippen LogP contribution in [0.25, 0.3) is 0 Å². The molecule has 4 nitrogen and oxygen atoms in total. The molecule has 0 fully saturated rings. The van der Waals surface area contributed by atoms with Crippen molar-refractivity contribution in [1.29, 1.82) is 0 Å². The highest BCUT2D eigenvalue weighted by Crippen LogP contribution is 2.16. The van der Waals surface area contributed by atoms with Crippen molar-refractivity contribution >= 4 is 11.9 Å². The first kappa shape index (κ1) is 13.2. The number of hydrogen-bond acceptors (Lipinski definition) is 2. The van der Waals surface area contributed by atoms with Crippen molar-refractivity contribution in [3.05, 3.63) is 35.9 Å². The Morgan fingerprint density at radius 1 is 1.29 bits per heavy atom. The summed E-state index contributed by atoms with van der Waals surface area (Å²) in [6.45, 7) is 3.33. The molecule has 4 heteroatoms. The van der Waals surface area contributed by atoms with Crippen molar-refractivity contribution in [2.45, 2.75) is 26.3 Å². The second-order valence-electron chi connectivity index (χ2n) is 3.94. The molecule has 92 valence electrons. The van der Waals surface area contributed by atoms with E-state index in [2.05, 4.69) is 5.32 Å². The van der Waals surface area contributed by atoms with E-state index in [1.54, 1.807) is 0 Å². The van der Waals surface area contributed by atoms with Crippen LogP contribution in [0.3, 0.4) is 0 Å². The summed E-state index contributed by atoms with van der Waals surface area (Å²) in [5.74, 6) is -2.58. The summed E-state index contributed by atoms with van der Waals surface area (Å²) in [6, 6.07) is 9.39. The topological polar surface area (TPSA) is 66.4 Å². The minimum absolute atomic E-state index is 0.134. The summed E-state index contributed by atoms with van der Waals surface area (Å²) in [6.07, 6.45) is 0.724. The van der Waals surface area contributed by atoms with E-state index in [1.165, 1.54) is 6.92 Å². The van der Waals surface area contributed by atoms with Gasteiger partial charge in [-0.25, -0.2) is 0 Å². The summed E-state index contributed by atoms with van der Waals surface area (Å²) in [7, 11) is 0. The minimum Gasteiger partial charge on any atom is -0.481 e. The molecule has 0 saturated heterocycles. The molecule has 0 saturated carbocycles. The number of rotatable bonds is 5. The van der Waals surface area contributed by atoms with Crippen LogP contribution in [0.5, 0.6) is 0 Å². The Kier molecular flexibility index (Phi) is 4.69. The summed E-state index contributed by atoms with van der Waals surface area (Å²) in [4.78, 5) is 22.3. The third-order valence-corrected chi connectivity index (χ3v) is 2.69. The third-order valence-electron chi connectivity index (χ3n) is 2.69. The fourth-order valence-electron chi connectivity index (χ4n) is 1.52. The summed E-state index contributed by atoms with van der Waals surface area (Å²) in [5, 5.41) is 11.5. The molecule has 1 aromatic rings. The largest absolute Gasteiger partial charge is 0.481 e. The molecule has 1 amide bonds. The SMILES string of the molecule is CC[C@H](NC(=O)C(C)C(=O)O)c1ccccc1. The van der Waals surface area contributed by atoms with Crippen molar-refractivity contribution in [1.82, 2.24) is 5.32 Å². The summed E-state index contributed by atoms with van der Waals surface area (Å²) < 4.78 is 0. The van der Waals surface area contributed by atoms with E-state index in [1.807, 2.05) is 37.3 Å². The van der Waals surface area contributed by atoms with Gasteiger partial charge in [0.25, 0.3) is 0 Å². The molecule has 0 aliphatic carbocycles. The van der Waals surface area contributed by atoms with E-state index in [4.69, 9.17) is 5.11 Å². The predicted octanol–water partition coefficient (Wildman–Crippen LogP) is 1.97. The highest BCUT2D eigenvalue weighted by atomic mass is 16.4. The smallest absolute Gasteiger partial charge is 0.315 e. The van der Waals surface area contributed by atoms with Crippen LogP contribution in [0.15, 0.2) is 30.3 Å². The summed E-state index contributed by atoms with van der Waals surface area (Å²) >= 11 is 0. The van der Waals surface area contributed by atoms with Crippen LogP contribution in [0.1, 0.15) is 31.9 Å². The van der Waals surface area contributed by atoms with Gasteiger partial charge >= 0.3 is 5.97 Å². The Hall–Kier alpha value is -1.84. The molecule has 1 rings (SSSR count). The molecule has 1 unspecified atom stereocenters. The van der Waals surface area contributed by atoms with Crippen molar-refractivity contribution in [2.75, 3.05) is 0 Å². The average molecular weight is 235 g/mol. The Balaban J connectivity index is 2.71. The van der Waals surface area contributed by atoms with Crippen LogP contribution in [0.4, 0.5) is 0 Å². The Labute approximate surface area is 101 Å². The maximum Gasteiger partial charge on any atom is 0.315 e. The van der Waals surface area contributed by atoms with Crippen LogP contribution < -0.4 is 5.32 Å². The Morgan fingerprint density at radius 2 is 1.88 bits per heavy atom. The quantitative estimate of drug-likeness (QED) is 0.767. The molecule has 0 aliphatic rings. The van der Waals surface area contributed by atoms with Gasteiger partial charge in [-0.3, -0.25) is 9.59 Å². The van der Waals surface area contributed by atoms with Crippen LogP contribution in [-0.4, -0.2) is 17.0 Å². The number of benzene rings is 1. The first-order valence-electron chi connectivity index (χ1n) is 5.64. The maximum absolute atomic E-state index is 11.6. The average Bonchev–Trinajstić information content (AvgIpc) is 2.35. The van der Waals surface area contributed by atoms with Gasteiger partial charge in [0.2, 0.25) is 5.91 Å². The number of aliphatic carboxylic acids is 1. The van der Waals surface area contributed by atoms with Crippen LogP contribution in [0.2, 0.25) is 0 Å². The number of carboxylic acids is 1. The maximum atomic E-state index is 11.6. The Bertz CT molecular complexity index is 389. The van der Waals surface area contributed by atoms with Crippen LogP contribution >= 0.6 is 0 Å². The van der Waals surface area contributed by atoms with Gasteiger partial charge < -0.3 is 10.4 Å². The summed E-state index contributed by atoms with van der Waals surface area (Å²) in [5.41, 5.74) is 0.987. The first-order chi connectivity index (χ1) is 8.06. The lowest BCUT2D eigenvalue weighted by atomic mass is 10.0. The first-order valence-corrected chi connectivity index (χ1v) is 5.64. The molecule has 2 N–H and O–H groups in total. The lowest BCUT2D eigenvalue weighted by Crippen LogP contribution is -2.36. The molecule has 0 aromatic heterocycles. The van der Waals surface area contributed by atoms with E-state index in [0.29, 0.717) is 0 Å². The molecule has 0 aliphatic heterocycles. The van der Waals surface area contributed by atoms with E-state index in [9.17, 15) is 9.59 Å². The molecule has 0 spiro atoms. The third kappa shape index (κ3) is 3.59. The molecule has 0 radical (unpaired) electrons. The molecule has 1 aromatic carbocycles. The molecule has 0 bridgehead atoms. The fourth-order valence-corrected chi connectivity index (χ4v) is 1.52. The molecule has 0 heterocycles. The zero-order valence-corrected chi connectivity index (χ0v) is 10.0. The number of amides is 1. The standard InChI is InChI=1S/C13H17NO3/c1-3-11(10-7-5-4-6-8-10)14-12(15)9(2)13(16)17/h4-9,11H,3H2,1-2H3,(H,14,15)(H,16,17)/t9?,11-/m0/s1. The van der Waals surface area contributed by atoms with Gasteiger partial charge in [0.05, 0.1) is 6.04 Å². The second-order valence-corrected chi connectivity index (χ2v) is 3.94. The second kappa shape index (κ2) is 6.03. The molecular weight excluding hydrogens is 218 g/mol. The van der Waals surface area contributed by atoms with Crippen molar-refractivity contribution < 1.29 is 14.7 Å². The van der Waals surface area contributed by atoms with Gasteiger partial charge in [0.1, 0.15) is 5.92 Å². The zero-order chi connectivity index (χ0) is 12.8. The number of nitrogens with one attached hydrogen (secondary N) is 1. The van der Waals surface area contributed by atoms with Crippen LogP contribution in [-0.2, 0) is 9.59 Å². The molecular formula is C13H17NO3. The van der Waals surface area contributed by atoms with Gasteiger partial charge in [-0.1, -0.05) is 37.3 Å². The fraction of sp³-hybridized carbons (Fsp3) is 0.385. The van der Waals surface area contributed by atoms with Gasteiger partial charge in [-0.05, 0) is 18.9 Å². The van der Waals surface area contributed by atoms with Gasteiger partial charge in [-0.15, -0.1) is 0 Å². The number of carbonyl (C=O) groups is 2. The highest BCUT2D eigenvalue weighted by Gasteiger charge is 2.22. The van der Waals surface area contributed by atoms with Crippen LogP contribution in [0, 0.1) is 5.92 Å². The molecule has 2 atom stereocenters. The minimum atomic E-state index is -1.11. The van der Waals surface area contributed by atoms with Crippen molar-refractivity contribution in [3.63, 3.8) is 0 Å². The lowest BCUT2D eigenvalue weighted by Gasteiger charge is -2.18. The monoisotopic (exact) mass is 235 g/mol. The zero-order valence-electron chi connectivity index (χ0n) is 10.0. The van der Waals surface area contributed by atoms with Gasteiger partial charge in [0, 0.05) is 0 Å². The number of carbonyl (C=O) groups excluding carboxylic acids is 1. The van der Waals surface area contributed by atoms with E-state index >= 15 is 0 Å². The van der Waals surface area contributed by atoms with E-state index < -0.39 is 17.8 Å².